The summed E-state index contributed by atoms with van der Waals surface area (Å²) < 4.78 is 5.48. The Morgan fingerprint density at radius 2 is 1.61 bits per heavy atom. The molecule has 0 aliphatic heterocycles. The van der Waals surface area contributed by atoms with Gasteiger partial charge in [0.15, 0.2) is 6.61 Å². The van der Waals surface area contributed by atoms with Gasteiger partial charge in [-0.15, -0.1) is 0 Å². The molecule has 1 saturated carbocycles. The number of carboxylic acid groups (broad SMARTS) is 1. The molecule has 7 heteroatoms. The first-order valence-corrected chi connectivity index (χ1v) is 9.08. The van der Waals surface area contributed by atoms with Gasteiger partial charge in [-0.3, -0.25) is 14.4 Å². The highest BCUT2D eigenvalue weighted by molar-refractivity contribution is 5.95. The van der Waals surface area contributed by atoms with E-state index in [1.807, 2.05) is 18.2 Å². The van der Waals surface area contributed by atoms with Crippen molar-refractivity contribution < 1.29 is 24.2 Å². The second-order valence-corrected chi connectivity index (χ2v) is 6.89. The number of para-hydroxylation sites is 1. The number of rotatable bonds is 8. The van der Waals surface area contributed by atoms with Gasteiger partial charge in [0.2, 0.25) is 5.91 Å². The summed E-state index contributed by atoms with van der Waals surface area (Å²) in [6.45, 7) is -0.172. The topological polar surface area (TPSA) is 105 Å². The average Bonchev–Trinajstić information content (AvgIpc) is 2.64. The van der Waals surface area contributed by atoms with Crippen LogP contribution in [0.25, 0.3) is 0 Å². The molecule has 2 aromatic carbocycles. The van der Waals surface area contributed by atoms with Crippen molar-refractivity contribution >= 4 is 29.2 Å². The summed E-state index contributed by atoms with van der Waals surface area (Å²) in [7, 11) is 0. The molecule has 3 N–H and O–H groups in total. The Kier molecular flexibility index (Phi) is 5.93. The minimum Gasteiger partial charge on any atom is -0.484 e. The summed E-state index contributed by atoms with van der Waals surface area (Å²) in [5.74, 6) is -1.14. The standard InChI is InChI=1S/C21H22N2O5/c24-18(13-21(20(26)27)10-5-11-21)23-16-8-4-9-17(12-16)28-14-19(25)22-15-6-2-1-3-7-15/h1-4,6-9,12H,5,10-11,13-14H2,(H,22,25)(H,23,24)(H,26,27). The van der Waals surface area contributed by atoms with Crippen molar-refractivity contribution in [3.63, 3.8) is 0 Å². The van der Waals surface area contributed by atoms with Gasteiger partial charge < -0.3 is 20.5 Å². The summed E-state index contributed by atoms with van der Waals surface area (Å²) in [5.41, 5.74) is 0.236. The van der Waals surface area contributed by atoms with Crippen LogP contribution in [0.5, 0.6) is 5.75 Å². The quantitative estimate of drug-likeness (QED) is 0.650. The van der Waals surface area contributed by atoms with Gasteiger partial charge in [-0.05, 0) is 37.1 Å². The summed E-state index contributed by atoms with van der Waals surface area (Å²) in [4.78, 5) is 35.6. The molecule has 3 rings (SSSR count). The fourth-order valence-electron chi connectivity index (χ4n) is 3.11. The lowest BCUT2D eigenvalue weighted by Crippen LogP contribution is -2.41. The third kappa shape index (κ3) is 4.88. The van der Waals surface area contributed by atoms with Gasteiger partial charge >= 0.3 is 5.97 Å². The van der Waals surface area contributed by atoms with E-state index in [1.54, 1.807) is 36.4 Å². The number of hydrogen-bond donors (Lipinski definition) is 3. The van der Waals surface area contributed by atoms with Crippen molar-refractivity contribution in [3.05, 3.63) is 54.6 Å². The summed E-state index contributed by atoms with van der Waals surface area (Å²) in [6.07, 6.45) is 1.83. The third-order valence-electron chi connectivity index (χ3n) is 4.81. The summed E-state index contributed by atoms with van der Waals surface area (Å²) in [6, 6.07) is 15.7. The van der Waals surface area contributed by atoms with E-state index in [4.69, 9.17) is 4.74 Å². The van der Waals surface area contributed by atoms with Crippen LogP contribution in [0.1, 0.15) is 25.7 Å². The highest BCUT2D eigenvalue weighted by atomic mass is 16.5. The number of nitrogens with one attached hydrogen (secondary N) is 2. The van der Waals surface area contributed by atoms with E-state index in [-0.39, 0.29) is 24.8 Å². The number of anilines is 2. The lowest BCUT2D eigenvalue weighted by molar-refractivity contribution is -0.157. The largest absolute Gasteiger partial charge is 0.484 e. The fraction of sp³-hybridized carbons (Fsp3) is 0.286. The van der Waals surface area contributed by atoms with Crippen LogP contribution in [0.4, 0.5) is 11.4 Å². The maximum Gasteiger partial charge on any atom is 0.310 e. The second kappa shape index (κ2) is 8.56. The molecule has 0 aromatic heterocycles. The van der Waals surface area contributed by atoms with E-state index in [1.165, 1.54) is 0 Å². The summed E-state index contributed by atoms with van der Waals surface area (Å²) >= 11 is 0. The molecule has 28 heavy (non-hydrogen) atoms. The van der Waals surface area contributed by atoms with Crippen molar-refractivity contribution in [3.8, 4) is 5.75 Å². The molecule has 0 heterocycles. The van der Waals surface area contributed by atoms with Crippen LogP contribution in [0, 0.1) is 5.41 Å². The van der Waals surface area contributed by atoms with E-state index >= 15 is 0 Å². The van der Waals surface area contributed by atoms with Crippen molar-refractivity contribution in [1.82, 2.24) is 0 Å². The Bertz CT molecular complexity index is 862. The first-order valence-electron chi connectivity index (χ1n) is 9.08. The Hall–Kier alpha value is -3.35. The highest BCUT2D eigenvalue weighted by Crippen LogP contribution is 2.44. The lowest BCUT2D eigenvalue weighted by atomic mass is 9.66. The number of carbonyl (C=O) groups excluding carboxylic acids is 2. The Morgan fingerprint density at radius 1 is 0.929 bits per heavy atom. The van der Waals surface area contributed by atoms with E-state index in [9.17, 15) is 19.5 Å². The van der Waals surface area contributed by atoms with E-state index in [2.05, 4.69) is 10.6 Å². The van der Waals surface area contributed by atoms with Crippen LogP contribution in [0.15, 0.2) is 54.6 Å². The maximum absolute atomic E-state index is 12.2. The molecule has 1 aliphatic carbocycles. The second-order valence-electron chi connectivity index (χ2n) is 6.89. The molecule has 0 saturated heterocycles. The molecule has 7 nitrogen and oxygen atoms in total. The molecule has 2 amide bonds. The van der Waals surface area contributed by atoms with Crippen molar-refractivity contribution in [2.45, 2.75) is 25.7 Å². The van der Waals surface area contributed by atoms with Gasteiger partial charge in [0, 0.05) is 23.9 Å². The molecular weight excluding hydrogens is 360 g/mol. The number of carboxylic acids is 1. The zero-order valence-electron chi connectivity index (χ0n) is 15.3. The molecule has 146 valence electrons. The molecule has 0 spiro atoms. The molecule has 0 unspecified atom stereocenters. The minimum absolute atomic E-state index is 0.0487. The van der Waals surface area contributed by atoms with E-state index in [0.717, 1.165) is 6.42 Å². The van der Waals surface area contributed by atoms with Crippen molar-refractivity contribution in [2.75, 3.05) is 17.2 Å². The van der Waals surface area contributed by atoms with Gasteiger partial charge in [-0.25, -0.2) is 0 Å². The number of aliphatic carboxylic acids is 1. The van der Waals surface area contributed by atoms with Gasteiger partial charge in [0.1, 0.15) is 5.75 Å². The molecule has 0 radical (unpaired) electrons. The number of ether oxygens (including phenoxy) is 1. The molecule has 1 aliphatic rings. The normalized spacial score (nSPS) is 14.4. The average molecular weight is 382 g/mol. The Labute approximate surface area is 162 Å². The predicted molar refractivity (Wildman–Crippen MR) is 104 cm³/mol. The zero-order chi connectivity index (χ0) is 20.0. The van der Waals surface area contributed by atoms with Crippen LogP contribution in [0.3, 0.4) is 0 Å². The minimum atomic E-state index is -0.937. The van der Waals surface area contributed by atoms with Crippen LogP contribution in [-0.4, -0.2) is 29.5 Å². The Morgan fingerprint density at radius 3 is 2.25 bits per heavy atom. The third-order valence-corrected chi connectivity index (χ3v) is 4.81. The predicted octanol–water partition coefficient (Wildman–Crippen LogP) is 3.29. The monoisotopic (exact) mass is 382 g/mol. The van der Waals surface area contributed by atoms with Crippen molar-refractivity contribution in [1.29, 1.82) is 0 Å². The van der Waals surface area contributed by atoms with Gasteiger partial charge in [-0.1, -0.05) is 30.7 Å². The highest BCUT2D eigenvalue weighted by Gasteiger charge is 2.45. The molecule has 2 aromatic rings. The van der Waals surface area contributed by atoms with Gasteiger partial charge in [-0.2, -0.15) is 0 Å². The first kappa shape index (κ1) is 19.4. The molecule has 0 bridgehead atoms. The van der Waals surface area contributed by atoms with Gasteiger partial charge in [0.05, 0.1) is 5.41 Å². The smallest absolute Gasteiger partial charge is 0.310 e. The van der Waals surface area contributed by atoms with Gasteiger partial charge in [0.25, 0.3) is 5.91 Å². The number of benzene rings is 2. The zero-order valence-corrected chi connectivity index (χ0v) is 15.3. The number of amides is 2. The Balaban J connectivity index is 1.51. The van der Waals surface area contributed by atoms with E-state index < -0.39 is 11.4 Å². The number of carbonyl (C=O) groups is 3. The van der Waals surface area contributed by atoms with E-state index in [0.29, 0.717) is 30.0 Å². The van der Waals surface area contributed by atoms with Crippen LogP contribution < -0.4 is 15.4 Å². The first-order chi connectivity index (χ1) is 13.5. The van der Waals surface area contributed by atoms with Crippen molar-refractivity contribution in [2.24, 2.45) is 5.41 Å². The van der Waals surface area contributed by atoms with Crippen LogP contribution in [-0.2, 0) is 14.4 Å². The molecule has 0 atom stereocenters. The summed E-state index contributed by atoms with van der Waals surface area (Å²) in [5, 5.41) is 14.8. The number of hydrogen-bond acceptors (Lipinski definition) is 4. The maximum atomic E-state index is 12.2. The SMILES string of the molecule is O=C(COc1cccc(NC(=O)CC2(C(=O)O)CCC2)c1)Nc1ccccc1. The molecular formula is C21H22N2O5. The molecule has 1 fully saturated rings. The van der Waals surface area contributed by atoms with Crippen LogP contribution >= 0.6 is 0 Å². The fourth-order valence-corrected chi connectivity index (χ4v) is 3.11. The van der Waals surface area contributed by atoms with Crippen LogP contribution in [0.2, 0.25) is 0 Å². The lowest BCUT2D eigenvalue weighted by Gasteiger charge is -2.36.